The Balaban J connectivity index is 1.75. The molecular formula is C21H21N3O5S. The Bertz CT molecular complexity index is 1240. The average molecular weight is 427 g/mol. The molecule has 0 bridgehead atoms. The van der Waals surface area contributed by atoms with Gasteiger partial charge in [-0.25, -0.2) is 9.36 Å². The molecule has 1 amide bonds. The number of carboxylic acid groups (broad SMARTS) is 1. The largest absolute Gasteiger partial charge is 0.480 e. The minimum atomic E-state index is -1.28. The van der Waals surface area contributed by atoms with E-state index in [1.165, 1.54) is 15.9 Å². The predicted octanol–water partition coefficient (Wildman–Crippen LogP) is 1.50. The van der Waals surface area contributed by atoms with Crippen molar-refractivity contribution in [2.75, 3.05) is 0 Å². The van der Waals surface area contributed by atoms with E-state index < -0.39 is 23.8 Å². The lowest BCUT2D eigenvalue weighted by atomic mass is 9.97. The number of carboxylic acids is 1. The maximum Gasteiger partial charge on any atom is 0.333 e. The average Bonchev–Trinajstić information content (AvgIpc) is 3.13. The highest BCUT2D eigenvalue weighted by Gasteiger charge is 2.25. The van der Waals surface area contributed by atoms with Gasteiger partial charge in [0.25, 0.3) is 5.56 Å². The van der Waals surface area contributed by atoms with E-state index in [1.807, 2.05) is 30.3 Å². The lowest BCUT2D eigenvalue weighted by Gasteiger charge is -2.12. The van der Waals surface area contributed by atoms with Gasteiger partial charge in [-0.05, 0) is 36.8 Å². The molecule has 0 saturated heterocycles. The highest BCUT2D eigenvalue weighted by Crippen LogP contribution is 2.34. The van der Waals surface area contributed by atoms with Crippen molar-refractivity contribution in [2.24, 2.45) is 0 Å². The number of carbonyl (C=O) groups excluding carboxylic acids is 1. The van der Waals surface area contributed by atoms with Crippen LogP contribution in [0, 0.1) is 0 Å². The van der Waals surface area contributed by atoms with E-state index in [0.29, 0.717) is 16.8 Å². The van der Waals surface area contributed by atoms with Crippen LogP contribution in [0.25, 0.3) is 10.2 Å². The summed E-state index contributed by atoms with van der Waals surface area (Å²) in [6.45, 7) is -0.696. The highest BCUT2D eigenvalue weighted by molar-refractivity contribution is 7.18. The predicted molar refractivity (Wildman–Crippen MR) is 113 cm³/mol. The number of hydrogen-bond acceptors (Lipinski definition) is 5. The van der Waals surface area contributed by atoms with Gasteiger partial charge in [0.1, 0.15) is 17.9 Å². The molecule has 1 aliphatic carbocycles. The van der Waals surface area contributed by atoms with Crippen molar-refractivity contribution in [1.29, 1.82) is 0 Å². The van der Waals surface area contributed by atoms with Gasteiger partial charge in [-0.15, -0.1) is 11.3 Å². The fourth-order valence-corrected chi connectivity index (χ4v) is 5.20. The summed E-state index contributed by atoms with van der Waals surface area (Å²) >= 11 is 1.36. The Morgan fingerprint density at radius 3 is 2.50 bits per heavy atom. The number of aromatic nitrogens is 2. The number of fused-ring (bicyclic) bond motifs is 3. The zero-order chi connectivity index (χ0) is 21.3. The Morgan fingerprint density at radius 2 is 1.77 bits per heavy atom. The Hall–Kier alpha value is -3.20. The van der Waals surface area contributed by atoms with Crippen LogP contribution >= 0.6 is 11.3 Å². The van der Waals surface area contributed by atoms with Crippen molar-refractivity contribution >= 4 is 33.4 Å². The lowest BCUT2D eigenvalue weighted by molar-refractivity contribution is -0.137. The molecule has 2 aromatic heterocycles. The van der Waals surface area contributed by atoms with E-state index in [0.717, 1.165) is 46.3 Å². The van der Waals surface area contributed by atoms with Crippen molar-refractivity contribution in [3.8, 4) is 0 Å². The van der Waals surface area contributed by atoms with E-state index in [2.05, 4.69) is 5.32 Å². The molecule has 8 nitrogen and oxygen atoms in total. The first kappa shape index (κ1) is 20.1. The van der Waals surface area contributed by atoms with Crippen LogP contribution in [-0.2, 0) is 42.1 Å². The van der Waals surface area contributed by atoms with Crippen molar-refractivity contribution in [3.63, 3.8) is 0 Å². The van der Waals surface area contributed by atoms with Crippen LogP contribution in [-0.4, -0.2) is 26.1 Å². The third-order valence-electron chi connectivity index (χ3n) is 5.25. The molecule has 0 saturated carbocycles. The summed E-state index contributed by atoms with van der Waals surface area (Å²) in [5, 5.41) is 12.3. The molecule has 4 rings (SSSR count). The molecule has 9 heteroatoms. The van der Waals surface area contributed by atoms with Crippen LogP contribution < -0.4 is 16.6 Å². The number of aryl methyl sites for hydroxylation is 2. The van der Waals surface area contributed by atoms with Gasteiger partial charge in [0.15, 0.2) is 0 Å². The van der Waals surface area contributed by atoms with Crippen molar-refractivity contribution < 1.29 is 14.7 Å². The minimum Gasteiger partial charge on any atom is -0.480 e. The normalized spacial score (nSPS) is 13.2. The third kappa shape index (κ3) is 3.80. The van der Waals surface area contributed by atoms with Crippen LogP contribution in [0.1, 0.15) is 28.8 Å². The first-order valence-corrected chi connectivity index (χ1v) is 10.6. The second-order valence-electron chi connectivity index (χ2n) is 7.31. The summed E-state index contributed by atoms with van der Waals surface area (Å²) in [6, 6.07) is 9.38. The van der Waals surface area contributed by atoms with Crippen molar-refractivity contribution in [1.82, 2.24) is 14.5 Å². The number of nitrogens with zero attached hydrogens (tertiary/aromatic N) is 2. The summed E-state index contributed by atoms with van der Waals surface area (Å²) < 4.78 is 1.96. The van der Waals surface area contributed by atoms with Gasteiger partial charge in [-0.1, -0.05) is 30.3 Å². The Labute approximate surface area is 175 Å². The first-order valence-electron chi connectivity index (χ1n) is 9.76. The van der Waals surface area contributed by atoms with E-state index in [9.17, 15) is 24.3 Å². The molecule has 0 spiro atoms. The first-order chi connectivity index (χ1) is 14.5. The van der Waals surface area contributed by atoms with Crippen LogP contribution in [0.3, 0.4) is 0 Å². The number of carbonyl (C=O) groups is 2. The summed E-state index contributed by atoms with van der Waals surface area (Å²) in [5.74, 6) is -1.66. The number of nitrogens with one attached hydrogen (secondary N) is 1. The zero-order valence-electron chi connectivity index (χ0n) is 16.2. The molecule has 1 aliphatic rings. The highest BCUT2D eigenvalue weighted by atomic mass is 32.1. The molecule has 156 valence electrons. The molecule has 0 atom stereocenters. The topological polar surface area (TPSA) is 110 Å². The minimum absolute atomic E-state index is 0.276. The summed E-state index contributed by atoms with van der Waals surface area (Å²) in [7, 11) is 0. The molecule has 1 aromatic carbocycles. The summed E-state index contributed by atoms with van der Waals surface area (Å²) in [4.78, 5) is 51.2. The van der Waals surface area contributed by atoms with E-state index >= 15 is 0 Å². The molecule has 30 heavy (non-hydrogen) atoms. The van der Waals surface area contributed by atoms with Gasteiger partial charge in [-0.2, -0.15) is 0 Å². The molecule has 0 aliphatic heterocycles. The maximum absolute atomic E-state index is 13.0. The molecule has 0 fully saturated rings. The smallest absolute Gasteiger partial charge is 0.333 e. The molecule has 0 radical (unpaired) electrons. The van der Waals surface area contributed by atoms with E-state index in [4.69, 9.17) is 0 Å². The number of aliphatic carboxylic acids is 1. The molecule has 0 unspecified atom stereocenters. The number of benzene rings is 1. The fourth-order valence-electron chi connectivity index (χ4n) is 3.83. The SMILES string of the molecule is O=C(O)Cn1c(=O)c2c3c(sc2n(CC(=O)NCc2ccccc2)c1=O)CCCC3. The fraction of sp³-hybridized carbons (Fsp3) is 0.333. The maximum atomic E-state index is 13.0. The van der Waals surface area contributed by atoms with Gasteiger partial charge in [0, 0.05) is 11.4 Å². The number of hydrogen-bond donors (Lipinski definition) is 2. The quantitative estimate of drug-likeness (QED) is 0.620. The van der Waals surface area contributed by atoms with E-state index in [-0.39, 0.29) is 12.5 Å². The molecule has 2 N–H and O–H groups in total. The van der Waals surface area contributed by atoms with Crippen LogP contribution in [0.2, 0.25) is 0 Å². The van der Waals surface area contributed by atoms with Crippen LogP contribution in [0.4, 0.5) is 0 Å². The van der Waals surface area contributed by atoms with E-state index in [1.54, 1.807) is 0 Å². The Morgan fingerprint density at radius 1 is 1.03 bits per heavy atom. The van der Waals surface area contributed by atoms with Gasteiger partial charge in [0.2, 0.25) is 5.91 Å². The number of amides is 1. The van der Waals surface area contributed by atoms with Gasteiger partial charge in [0.05, 0.1) is 5.39 Å². The number of rotatable bonds is 6. The van der Waals surface area contributed by atoms with Gasteiger partial charge in [-0.3, -0.25) is 19.0 Å². The van der Waals surface area contributed by atoms with Crippen molar-refractivity contribution in [2.45, 2.75) is 45.3 Å². The van der Waals surface area contributed by atoms with Gasteiger partial charge >= 0.3 is 11.7 Å². The monoisotopic (exact) mass is 427 g/mol. The number of thiophene rings is 1. The molecule has 2 heterocycles. The van der Waals surface area contributed by atoms with Gasteiger partial charge < -0.3 is 10.4 Å². The lowest BCUT2D eigenvalue weighted by Crippen LogP contribution is -2.43. The van der Waals surface area contributed by atoms with Crippen LogP contribution in [0.15, 0.2) is 39.9 Å². The van der Waals surface area contributed by atoms with Crippen molar-refractivity contribution in [3.05, 3.63) is 67.2 Å². The summed E-state index contributed by atoms with van der Waals surface area (Å²) in [5.41, 5.74) is 0.454. The third-order valence-corrected chi connectivity index (χ3v) is 6.56. The standard InChI is InChI=1S/C21H21N3O5S/c25-16(22-10-13-6-2-1-3-7-13)11-24-20-18(14-8-4-5-9-15(14)30-20)19(28)23(21(24)29)12-17(26)27/h1-3,6-7H,4-5,8-12H2,(H,22,25)(H,26,27). The molecular weight excluding hydrogens is 406 g/mol. The summed E-state index contributed by atoms with van der Waals surface area (Å²) in [6.07, 6.45) is 3.48. The van der Waals surface area contributed by atoms with Crippen LogP contribution in [0.5, 0.6) is 0 Å². The second-order valence-corrected chi connectivity index (χ2v) is 8.39. The zero-order valence-corrected chi connectivity index (χ0v) is 17.0. The molecule has 3 aromatic rings. The second kappa shape index (κ2) is 8.27. The Kier molecular flexibility index (Phi) is 5.54.